The zero-order valence-electron chi connectivity index (χ0n) is 17.5. The van der Waals surface area contributed by atoms with E-state index in [0.717, 1.165) is 46.6 Å². The molecule has 158 valence electrons. The topological polar surface area (TPSA) is 59.3 Å². The number of thioether (sulfide) groups is 1. The molecule has 4 nitrogen and oxygen atoms in total. The Morgan fingerprint density at radius 1 is 0.839 bits per heavy atom. The lowest BCUT2D eigenvalue weighted by Gasteiger charge is -2.08. The Hall–Kier alpha value is -3.23. The van der Waals surface area contributed by atoms with E-state index < -0.39 is 5.97 Å². The summed E-state index contributed by atoms with van der Waals surface area (Å²) in [5, 5.41) is 10.7. The molecule has 0 amide bonds. The van der Waals surface area contributed by atoms with Gasteiger partial charge >= 0.3 is 5.97 Å². The van der Waals surface area contributed by atoms with E-state index in [1.165, 1.54) is 19.3 Å². The van der Waals surface area contributed by atoms with Gasteiger partial charge in [-0.3, -0.25) is 0 Å². The highest BCUT2D eigenvalue weighted by atomic mass is 32.2. The van der Waals surface area contributed by atoms with Crippen LogP contribution in [0, 0.1) is 10.7 Å². The van der Waals surface area contributed by atoms with Crippen molar-refractivity contribution in [2.45, 2.75) is 37.5 Å². The van der Waals surface area contributed by atoms with Gasteiger partial charge in [0.05, 0.1) is 12.2 Å². The number of nitrogens with zero attached hydrogens (tertiary/aromatic N) is 1. The molecule has 31 heavy (non-hydrogen) atoms. The van der Waals surface area contributed by atoms with Crippen LogP contribution in [0.25, 0.3) is 11.1 Å². The van der Waals surface area contributed by atoms with Crippen LogP contribution < -0.4 is 9.47 Å². The van der Waals surface area contributed by atoms with Crippen molar-refractivity contribution in [2.24, 2.45) is 0 Å². The van der Waals surface area contributed by atoms with Crippen LogP contribution in [0.1, 0.15) is 43.0 Å². The molecule has 0 saturated heterocycles. The zero-order chi connectivity index (χ0) is 21.9. The summed E-state index contributed by atoms with van der Waals surface area (Å²) in [4.78, 5) is 13.2. The Labute approximate surface area is 187 Å². The van der Waals surface area contributed by atoms with Gasteiger partial charge in [0.15, 0.2) is 0 Å². The molecule has 0 fully saturated rings. The van der Waals surface area contributed by atoms with Gasteiger partial charge in [-0.25, -0.2) is 4.79 Å². The lowest BCUT2D eigenvalue weighted by Crippen LogP contribution is -2.08. The van der Waals surface area contributed by atoms with Crippen molar-refractivity contribution < 1.29 is 14.3 Å². The maximum atomic E-state index is 12.4. The van der Waals surface area contributed by atoms with Crippen LogP contribution in [0.3, 0.4) is 0 Å². The number of rotatable bonds is 10. The van der Waals surface area contributed by atoms with E-state index in [0.29, 0.717) is 11.3 Å². The number of nitriles is 1. The van der Waals surface area contributed by atoms with Gasteiger partial charge in [0.1, 0.15) is 16.9 Å². The molecule has 0 aliphatic carbocycles. The minimum absolute atomic E-state index is 0.418. The molecular weight excluding hydrogens is 406 g/mol. The highest BCUT2D eigenvalue weighted by molar-refractivity contribution is 8.03. The molecule has 3 aromatic rings. The molecule has 0 saturated carbocycles. The highest BCUT2D eigenvalue weighted by Crippen LogP contribution is 2.24. The third-order valence-electron chi connectivity index (χ3n) is 4.77. The Kier molecular flexibility index (Phi) is 8.57. The summed E-state index contributed by atoms with van der Waals surface area (Å²) >= 11 is 1.06. The largest absolute Gasteiger partial charge is 0.494 e. The number of hydrogen-bond donors (Lipinski definition) is 0. The van der Waals surface area contributed by atoms with Gasteiger partial charge in [-0.2, -0.15) is 5.26 Å². The number of esters is 1. The van der Waals surface area contributed by atoms with E-state index in [1.807, 2.05) is 41.8 Å². The van der Waals surface area contributed by atoms with Crippen molar-refractivity contribution >= 4 is 17.7 Å². The fourth-order valence-corrected chi connectivity index (χ4v) is 3.43. The quantitative estimate of drug-likeness (QED) is 0.113. The van der Waals surface area contributed by atoms with Crippen molar-refractivity contribution in [1.29, 1.82) is 5.26 Å². The monoisotopic (exact) mass is 431 g/mol. The van der Waals surface area contributed by atoms with Crippen LogP contribution in [0.4, 0.5) is 0 Å². The Balaban J connectivity index is 1.55. The predicted molar refractivity (Wildman–Crippen MR) is 124 cm³/mol. The van der Waals surface area contributed by atoms with Gasteiger partial charge in [0, 0.05) is 4.90 Å². The first-order chi connectivity index (χ1) is 15.2. The van der Waals surface area contributed by atoms with Crippen molar-refractivity contribution in [3.8, 4) is 28.0 Å². The predicted octanol–water partition coefficient (Wildman–Crippen LogP) is 7.11. The SMILES string of the molecule is CCCCCCOc1ccc(-c2ccc(C(=O)Oc3ccc(SC#N)cc3)cc2)cc1. The second-order valence-corrected chi connectivity index (χ2v) is 7.92. The summed E-state index contributed by atoms with van der Waals surface area (Å²) in [7, 11) is 0. The molecule has 0 aliphatic heterocycles. The highest BCUT2D eigenvalue weighted by Gasteiger charge is 2.09. The van der Waals surface area contributed by atoms with Crippen LogP contribution >= 0.6 is 11.8 Å². The van der Waals surface area contributed by atoms with E-state index in [4.69, 9.17) is 14.7 Å². The smallest absolute Gasteiger partial charge is 0.343 e. The number of thiocyanates is 1. The van der Waals surface area contributed by atoms with E-state index in [9.17, 15) is 4.79 Å². The van der Waals surface area contributed by atoms with Crippen molar-refractivity contribution in [3.63, 3.8) is 0 Å². The maximum absolute atomic E-state index is 12.4. The summed E-state index contributed by atoms with van der Waals surface area (Å²) in [6.07, 6.45) is 4.76. The van der Waals surface area contributed by atoms with Crippen molar-refractivity contribution in [2.75, 3.05) is 6.61 Å². The van der Waals surface area contributed by atoms with Gasteiger partial charge in [0.2, 0.25) is 0 Å². The zero-order valence-corrected chi connectivity index (χ0v) is 18.4. The van der Waals surface area contributed by atoms with Crippen molar-refractivity contribution in [3.05, 3.63) is 78.4 Å². The van der Waals surface area contributed by atoms with Crippen LogP contribution in [0.15, 0.2) is 77.7 Å². The fourth-order valence-electron chi connectivity index (χ4n) is 3.06. The lowest BCUT2D eigenvalue weighted by molar-refractivity contribution is 0.0734. The third kappa shape index (κ3) is 6.91. The van der Waals surface area contributed by atoms with Crippen LogP contribution in [0.2, 0.25) is 0 Å². The van der Waals surface area contributed by atoms with Crippen LogP contribution in [-0.2, 0) is 0 Å². The summed E-state index contributed by atoms with van der Waals surface area (Å²) < 4.78 is 11.2. The third-order valence-corrected chi connectivity index (χ3v) is 5.37. The number of unbranched alkanes of at least 4 members (excludes halogenated alkanes) is 3. The first-order valence-corrected chi connectivity index (χ1v) is 11.2. The maximum Gasteiger partial charge on any atom is 0.343 e. The molecule has 0 atom stereocenters. The second-order valence-electron chi connectivity index (χ2n) is 7.07. The van der Waals surface area contributed by atoms with Gasteiger partial charge in [0.25, 0.3) is 0 Å². The average Bonchev–Trinajstić information content (AvgIpc) is 2.81. The van der Waals surface area contributed by atoms with E-state index in [1.54, 1.807) is 36.4 Å². The molecule has 5 heteroatoms. The van der Waals surface area contributed by atoms with Crippen LogP contribution in [-0.4, -0.2) is 12.6 Å². The van der Waals surface area contributed by atoms with Crippen LogP contribution in [0.5, 0.6) is 11.5 Å². The van der Waals surface area contributed by atoms with Gasteiger partial charge in [-0.15, -0.1) is 0 Å². The number of carbonyl (C=O) groups is 1. The summed E-state index contributed by atoms with van der Waals surface area (Å²) in [6, 6.07) is 22.2. The molecule has 0 bridgehead atoms. The molecule has 0 radical (unpaired) electrons. The fraction of sp³-hybridized carbons (Fsp3) is 0.231. The molecule has 0 aromatic heterocycles. The summed E-state index contributed by atoms with van der Waals surface area (Å²) in [6.45, 7) is 2.95. The Bertz CT molecular complexity index is 1010. The first-order valence-electron chi connectivity index (χ1n) is 10.4. The van der Waals surface area contributed by atoms with Gasteiger partial charge in [-0.05, 0) is 77.8 Å². The second kappa shape index (κ2) is 11.8. The minimum Gasteiger partial charge on any atom is -0.494 e. The number of hydrogen-bond acceptors (Lipinski definition) is 5. The van der Waals surface area contributed by atoms with Gasteiger partial charge in [-0.1, -0.05) is 50.5 Å². The van der Waals surface area contributed by atoms with Crippen molar-refractivity contribution in [1.82, 2.24) is 0 Å². The van der Waals surface area contributed by atoms with Gasteiger partial charge < -0.3 is 9.47 Å². The molecule has 0 unspecified atom stereocenters. The molecule has 3 aromatic carbocycles. The minimum atomic E-state index is -0.418. The van der Waals surface area contributed by atoms with E-state index in [-0.39, 0.29) is 0 Å². The normalized spacial score (nSPS) is 10.3. The Morgan fingerprint density at radius 3 is 2.06 bits per heavy atom. The molecular formula is C26H25NO3S. The average molecular weight is 432 g/mol. The van der Waals surface area contributed by atoms with E-state index in [2.05, 4.69) is 6.92 Å². The molecule has 0 spiro atoms. The lowest BCUT2D eigenvalue weighted by atomic mass is 10.0. The molecule has 3 rings (SSSR count). The summed E-state index contributed by atoms with van der Waals surface area (Å²) in [5.74, 6) is 0.903. The standard InChI is InChI=1S/C26H25NO3S/c1-2-3-4-5-18-29-23-12-10-21(11-13-23)20-6-8-22(9-7-20)26(28)30-24-14-16-25(17-15-24)31-19-27/h6-17H,2-5,18H2,1H3. The Morgan fingerprint density at radius 2 is 1.45 bits per heavy atom. The van der Waals surface area contributed by atoms with E-state index >= 15 is 0 Å². The molecule has 0 N–H and O–H groups in total. The number of ether oxygens (including phenoxy) is 2. The first kappa shape index (κ1) is 22.5. The number of carbonyl (C=O) groups excluding carboxylic acids is 1. The number of benzene rings is 3. The molecule has 0 heterocycles. The summed E-state index contributed by atoms with van der Waals surface area (Å²) in [5.41, 5.74) is 2.55. The molecule has 0 aliphatic rings.